The van der Waals surface area contributed by atoms with E-state index in [2.05, 4.69) is 64.0 Å². The number of aryl methyl sites for hydroxylation is 1. The van der Waals surface area contributed by atoms with Crippen LogP contribution in [0.5, 0.6) is 5.75 Å². The third-order valence-corrected chi connectivity index (χ3v) is 6.23. The molecule has 0 aliphatic heterocycles. The van der Waals surface area contributed by atoms with Gasteiger partial charge in [-0.1, -0.05) is 84.4 Å². The van der Waals surface area contributed by atoms with E-state index < -0.39 is 0 Å². The van der Waals surface area contributed by atoms with Gasteiger partial charge in [0.25, 0.3) is 5.91 Å². The number of amides is 1. The van der Waals surface area contributed by atoms with E-state index in [0.717, 1.165) is 33.6 Å². The number of hydrogen-bond donors (Lipinski definition) is 2. The monoisotopic (exact) mass is 500 g/mol. The summed E-state index contributed by atoms with van der Waals surface area (Å²) < 4.78 is 5.88. The summed E-state index contributed by atoms with van der Waals surface area (Å²) in [6, 6.07) is 35.9. The molecule has 0 spiro atoms. The van der Waals surface area contributed by atoms with Crippen molar-refractivity contribution in [2.24, 2.45) is 5.10 Å². The minimum Gasteiger partial charge on any atom is -0.489 e. The normalized spacial score (nSPS) is 11.3. The minimum absolute atomic E-state index is 0.329. The molecule has 0 aliphatic carbocycles. The van der Waals surface area contributed by atoms with Gasteiger partial charge in [-0.05, 0) is 66.4 Å². The van der Waals surface area contributed by atoms with Gasteiger partial charge >= 0.3 is 0 Å². The molecule has 1 heterocycles. The van der Waals surface area contributed by atoms with E-state index in [1.165, 1.54) is 5.56 Å². The maximum absolute atomic E-state index is 12.6. The predicted molar refractivity (Wildman–Crippen MR) is 151 cm³/mol. The van der Waals surface area contributed by atoms with Gasteiger partial charge in [-0.2, -0.15) is 10.2 Å². The van der Waals surface area contributed by atoms with Gasteiger partial charge in [0, 0.05) is 5.56 Å². The van der Waals surface area contributed by atoms with Crippen LogP contribution < -0.4 is 10.2 Å². The molecule has 0 aliphatic rings. The van der Waals surface area contributed by atoms with Crippen LogP contribution in [0.3, 0.4) is 0 Å². The third kappa shape index (κ3) is 6.05. The molecule has 6 nitrogen and oxygen atoms in total. The molecule has 0 fully saturated rings. The molecule has 188 valence electrons. The third-order valence-electron chi connectivity index (χ3n) is 6.23. The van der Waals surface area contributed by atoms with E-state index in [0.29, 0.717) is 23.7 Å². The van der Waals surface area contributed by atoms with Crippen molar-refractivity contribution in [2.45, 2.75) is 20.5 Å². The van der Waals surface area contributed by atoms with E-state index >= 15 is 0 Å². The number of hydrogen-bond acceptors (Lipinski definition) is 4. The summed E-state index contributed by atoms with van der Waals surface area (Å²) in [5.41, 5.74) is 10.7. The Bertz CT molecular complexity index is 1540. The molecule has 1 aromatic heterocycles. The average molecular weight is 501 g/mol. The maximum atomic E-state index is 12.6. The van der Waals surface area contributed by atoms with Crippen molar-refractivity contribution in [1.29, 1.82) is 0 Å². The number of benzene rings is 4. The number of nitrogens with one attached hydrogen (secondary N) is 2. The van der Waals surface area contributed by atoms with Crippen LogP contribution >= 0.6 is 0 Å². The molecule has 0 bridgehead atoms. The van der Waals surface area contributed by atoms with E-state index in [-0.39, 0.29) is 5.91 Å². The van der Waals surface area contributed by atoms with Gasteiger partial charge in [0.15, 0.2) is 0 Å². The number of nitrogens with zero attached hydrogens (tertiary/aromatic N) is 2. The van der Waals surface area contributed by atoms with Crippen LogP contribution in [-0.2, 0) is 6.61 Å². The Hall–Kier alpha value is -4.97. The van der Waals surface area contributed by atoms with E-state index in [9.17, 15) is 4.79 Å². The van der Waals surface area contributed by atoms with Crippen molar-refractivity contribution in [3.05, 3.63) is 132 Å². The zero-order chi connectivity index (χ0) is 26.3. The molecule has 5 aromatic rings. The lowest BCUT2D eigenvalue weighted by Crippen LogP contribution is -2.19. The largest absolute Gasteiger partial charge is 0.489 e. The first-order valence-electron chi connectivity index (χ1n) is 12.4. The summed E-state index contributed by atoms with van der Waals surface area (Å²) in [6.07, 6.45) is 0. The number of aromatic nitrogens is 2. The van der Waals surface area contributed by atoms with Crippen molar-refractivity contribution in [3.63, 3.8) is 0 Å². The summed E-state index contributed by atoms with van der Waals surface area (Å²) in [7, 11) is 0. The maximum Gasteiger partial charge on any atom is 0.289 e. The Morgan fingerprint density at radius 1 is 0.842 bits per heavy atom. The van der Waals surface area contributed by atoms with Crippen molar-refractivity contribution < 1.29 is 9.53 Å². The quantitative estimate of drug-likeness (QED) is 0.182. The number of hydrazone groups is 1. The van der Waals surface area contributed by atoms with Crippen molar-refractivity contribution >= 4 is 11.6 Å². The Balaban J connectivity index is 1.18. The van der Waals surface area contributed by atoms with Crippen LogP contribution in [0.15, 0.2) is 114 Å². The summed E-state index contributed by atoms with van der Waals surface area (Å²) >= 11 is 0. The Kier molecular flexibility index (Phi) is 7.41. The SMILES string of the molecule is C/C(=N\NC(=O)c1cc(-c2ccc(OCc3ccc(C)cc3)cc2)n[nH]1)c1ccc(-c2ccccc2)cc1. The lowest BCUT2D eigenvalue weighted by molar-refractivity contribution is 0.0950. The molecule has 2 N–H and O–H groups in total. The van der Waals surface area contributed by atoms with Gasteiger partial charge in [0.05, 0.1) is 11.4 Å². The van der Waals surface area contributed by atoms with Crippen molar-refractivity contribution in [1.82, 2.24) is 15.6 Å². The number of carbonyl (C=O) groups is 1. The van der Waals surface area contributed by atoms with E-state index in [1.807, 2.05) is 73.7 Å². The van der Waals surface area contributed by atoms with Crippen LogP contribution in [0.2, 0.25) is 0 Å². The fraction of sp³-hybridized carbons (Fsp3) is 0.0938. The van der Waals surface area contributed by atoms with Crippen LogP contribution in [0.25, 0.3) is 22.4 Å². The molecular formula is C32H28N4O2. The highest BCUT2D eigenvalue weighted by atomic mass is 16.5. The van der Waals surface area contributed by atoms with Gasteiger partial charge in [-0.3, -0.25) is 9.89 Å². The first-order valence-corrected chi connectivity index (χ1v) is 12.4. The number of ether oxygens (including phenoxy) is 1. The highest BCUT2D eigenvalue weighted by Gasteiger charge is 2.11. The number of aromatic amines is 1. The minimum atomic E-state index is -0.359. The summed E-state index contributed by atoms with van der Waals surface area (Å²) in [4.78, 5) is 12.6. The zero-order valence-electron chi connectivity index (χ0n) is 21.3. The molecule has 0 radical (unpaired) electrons. The topological polar surface area (TPSA) is 79.4 Å². The van der Waals surface area contributed by atoms with E-state index in [4.69, 9.17) is 4.74 Å². The zero-order valence-corrected chi connectivity index (χ0v) is 21.3. The molecule has 0 saturated heterocycles. The molecule has 4 aromatic carbocycles. The number of H-pyrrole nitrogens is 1. The number of rotatable bonds is 8. The lowest BCUT2D eigenvalue weighted by atomic mass is 10.0. The Morgan fingerprint density at radius 2 is 1.50 bits per heavy atom. The van der Waals surface area contributed by atoms with Crippen LogP contribution in [0, 0.1) is 6.92 Å². The van der Waals surface area contributed by atoms with Gasteiger partial charge in [-0.25, -0.2) is 5.43 Å². The lowest BCUT2D eigenvalue weighted by Gasteiger charge is -2.07. The summed E-state index contributed by atoms with van der Waals surface area (Å²) in [5, 5.41) is 11.4. The van der Waals surface area contributed by atoms with Gasteiger partial charge in [-0.15, -0.1) is 0 Å². The summed E-state index contributed by atoms with van der Waals surface area (Å²) in [6.45, 7) is 4.43. The molecule has 0 unspecified atom stereocenters. The molecule has 0 atom stereocenters. The standard InChI is InChI=1S/C32H28N4O2/c1-22-8-10-24(11-9-22)21-38-29-18-16-28(17-19-29)30-20-31(35-34-30)32(37)36-33-23(2)25-12-14-27(15-13-25)26-6-4-3-5-7-26/h3-20H,21H2,1-2H3,(H,34,35)(H,36,37)/b33-23+. The van der Waals surface area contributed by atoms with Crippen LogP contribution in [-0.4, -0.2) is 21.8 Å². The summed E-state index contributed by atoms with van der Waals surface area (Å²) in [5.74, 6) is 0.409. The predicted octanol–water partition coefficient (Wildman–Crippen LogP) is 6.79. The van der Waals surface area contributed by atoms with Gasteiger partial charge < -0.3 is 4.74 Å². The average Bonchev–Trinajstić information content (AvgIpc) is 3.47. The number of carbonyl (C=O) groups excluding carboxylic acids is 1. The second kappa shape index (κ2) is 11.4. The second-order valence-electron chi connectivity index (χ2n) is 9.05. The Labute approximate surface area is 222 Å². The first kappa shape index (κ1) is 24.7. The molecular weight excluding hydrogens is 472 g/mol. The highest BCUT2D eigenvalue weighted by molar-refractivity contribution is 6.01. The first-order chi connectivity index (χ1) is 18.5. The molecule has 6 heteroatoms. The van der Waals surface area contributed by atoms with E-state index in [1.54, 1.807) is 6.07 Å². The molecule has 38 heavy (non-hydrogen) atoms. The van der Waals surface area contributed by atoms with Gasteiger partial charge in [0.1, 0.15) is 18.1 Å². The Morgan fingerprint density at radius 3 is 2.21 bits per heavy atom. The molecule has 1 amide bonds. The second-order valence-corrected chi connectivity index (χ2v) is 9.05. The van der Waals surface area contributed by atoms with Crippen LogP contribution in [0.4, 0.5) is 0 Å². The van der Waals surface area contributed by atoms with Crippen molar-refractivity contribution in [2.75, 3.05) is 0 Å². The smallest absolute Gasteiger partial charge is 0.289 e. The molecule has 0 saturated carbocycles. The van der Waals surface area contributed by atoms with Gasteiger partial charge in [0.2, 0.25) is 0 Å². The van der Waals surface area contributed by atoms with Crippen molar-refractivity contribution in [3.8, 4) is 28.1 Å². The highest BCUT2D eigenvalue weighted by Crippen LogP contribution is 2.22. The fourth-order valence-corrected chi connectivity index (χ4v) is 3.95. The van der Waals surface area contributed by atoms with Crippen LogP contribution in [0.1, 0.15) is 34.1 Å². The fourth-order valence-electron chi connectivity index (χ4n) is 3.95. The molecule has 5 rings (SSSR count).